The van der Waals surface area contributed by atoms with Crippen molar-refractivity contribution in [2.75, 3.05) is 24.4 Å². The summed E-state index contributed by atoms with van der Waals surface area (Å²) < 4.78 is 33.0. The molecule has 7 nitrogen and oxygen atoms in total. The van der Waals surface area contributed by atoms with E-state index in [9.17, 15) is 18.0 Å². The highest BCUT2D eigenvalue weighted by Crippen LogP contribution is 2.51. The van der Waals surface area contributed by atoms with Crippen molar-refractivity contribution in [3.63, 3.8) is 0 Å². The highest BCUT2D eigenvalue weighted by atomic mass is 32.2. The number of carbonyl (C=O) groups excluding carboxylic acids is 2. The van der Waals surface area contributed by atoms with Gasteiger partial charge in [0.25, 0.3) is 10.1 Å². The van der Waals surface area contributed by atoms with Gasteiger partial charge in [0.2, 0.25) is 5.91 Å². The Morgan fingerprint density at radius 3 is 2.88 bits per heavy atom. The van der Waals surface area contributed by atoms with Crippen LogP contribution in [0, 0.1) is 11.8 Å². The number of thioether (sulfide) groups is 1. The Labute approximate surface area is 151 Å². The zero-order valence-corrected chi connectivity index (χ0v) is 15.8. The Balaban J connectivity index is 1.87. The van der Waals surface area contributed by atoms with Crippen molar-refractivity contribution in [3.05, 3.63) is 23.9 Å². The van der Waals surface area contributed by atoms with Gasteiger partial charge in [-0.2, -0.15) is 20.2 Å². The number of amides is 1. The molecule has 138 valence electrons. The van der Waals surface area contributed by atoms with Crippen LogP contribution in [0.3, 0.4) is 0 Å². The molecule has 9 heteroatoms. The van der Waals surface area contributed by atoms with Crippen LogP contribution in [0.25, 0.3) is 0 Å². The zero-order valence-electron chi connectivity index (χ0n) is 14.1. The Kier molecular flexibility index (Phi) is 5.00. The second kappa shape index (κ2) is 6.77. The van der Waals surface area contributed by atoms with Crippen LogP contribution in [0.2, 0.25) is 0 Å². The van der Waals surface area contributed by atoms with E-state index >= 15 is 0 Å². The third-order valence-corrected chi connectivity index (χ3v) is 6.51. The van der Waals surface area contributed by atoms with Crippen molar-refractivity contribution in [2.24, 2.45) is 11.8 Å². The number of β-lactam (4-membered cyclic amide) rings is 1. The monoisotopic (exact) mass is 387 g/mol. The molecule has 0 radical (unpaired) electrons. The zero-order chi connectivity index (χ0) is 18.4. The summed E-state index contributed by atoms with van der Waals surface area (Å²) >= 11 is 1.77. The average Bonchev–Trinajstić information content (AvgIpc) is 2.82. The summed E-state index contributed by atoms with van der Waals surface area (Å²) in [6.45, 7) is 5.19. The van der Waals surface area contributed by atoms with Gasteiger partial charge in [0.1, 0.15) is 12.3 Å². The predicted octanol–water partition coefficient (Wildman–Crippen LogP) is 0.928. The molecule has 0 aromatic rings. The molecule has 0 spiro atoms. The first-order valence-electron chi connectivity index (χ1n) is 8.06. The first kappa shape index (κ1) is 18.5. The van der Waals surface area contributed by atoms with Crippen molar-refractivity contribution < 1.29 is 26.9 Å². The van der Waals surface area contributed by atoms with Gasteiger partial charge >= 0.3 is 5.97 Å². The van der Waals surface area contributed by atoms with Crippen molar-refractivity contribution in [1.82, 2.24) is 4.90 Å². The summed E-state index contributed by atoms with van der Waals surface area (Å²) in [6, 6.07) is -0.238. The maximum atomic E-state index is 12.7. The molecule has 0 N–H and O–H groups in total. The van der Waals surface area contributed by atoms with Crippen LogP contribution in [-0.2, 0) is 28.6 Å². The molecular formula is C16H21NO6S2. The minimum Gasteiger partial charge on any atom is -0.457 e. The summed E-state index contributed by atoms with van der Waals surface area (Å²) in [4.78, 5) is 26.6. The van der Waals surface area contributed by atoms with Gasteiger partial charge < -0.3 is 9.64 Å². The molecule has 2 fully saturated rings. The van der Waals surface area contributed by atoms with Crippen molar-refractivity contribution in [3.8, 4) is 0 Å². The maximum absolute atomic E-state index is 12.7. The lowest BCUT2D eigenvalue weighted by molar-refractivity contribution is -0.162. The molecule has 2 saturated heterocycles. The Morgan fingerprint density at radius 2 is 2.24 bits per heavy atom. The Bertz CT molecular complexity index is 744. The van der Waals surface area contributed by atoms with Crippen LogP contribution in [0.1, 0.15) is 13.3 Å². The quantitative estimate of drug-likeness (QED) is 0.290. The molecule has 1 amide bonds. The molecule has 0 aliphatic carbocycles. The molecule has 0 aromatic carbocycles. The van der Waals surface area contributed by atoms with Gasteiger partial charge in [-0.1, -0.05) is 12.7 Å². The molecule has 0 bridgehead atoms. The highest BCUT2D eigenvalue weighted by Gasteiger charge is 2.62. The standard InChI is InChI=1S/C16H21NO6S2/c1-4-6-22-16(19)14-10-5-7-24-8-11(10)13-12(15(18)17(13)14)9(2)23-25(3,20)21/h4,9,11-13H,1,5-8H2,2-3H3/t9-,11?,12-,13-/m1/s1. The number of carbonyl (C=O) groups is 2. The van der Waals surface area contributed by atoms with Crippen LogP contribution in [-0.4, -0.2) is 61.7 Å². The third-order valence-electron chi connectivity index (χ3n) is 4.76. The van der Waals surface area contributed by atoms with Gasteiger partial charge in [-0.3, -0.25) is 8.98 Å². The number of fused-ring (bicyclic) bond motifs is 3. The number of rotatable bonds is 6. The number of esters is 1. The van der Waals surface area contributed by atoms with E-state index in [0.717, 1.165) is 29.8 Å². The molecule has 4 atom stereocenters. The van der Waals surface area contributed by atoms with E-state index in [1.165, 1.54) is 11.0 Å². The van der Waals surface area contributed by atoms with E-state index in [1.54, 1.807) is 18.7 Å². The first-order valence-corrected chi connectivity index (χ1v) is 11.0. The van der Waals surface area contributed by atoms with Crippen LogP contribution in [0.5, 0.6) is 0 Å². The van der Waals surface area contributed by atoms with Gasteiger partial charge in [0.15, 0.2) is 0 Å². The van der Waals surface area contributed by atoms with E-state index in [2.05, 4.69) is 6.58 Å². The topological polar surface area (TPSA) is 90.0 Å². The summed E-state index contributed by atoms with van der Waals surface area (Å²) in [5.74, 6) is 0.357. The van der Waals surface area contributed by atoms with Gasteiger partial charge in [-0.25, -0.2) is 4.79 Å². The minimum absolute atomic E-state index is 0.0401. The molecule has 3 rings (SSSR count). The third kappa shape index (κ3) is 3.24. The van der Waals surface area contributed by atoms with Crippen LogP contribution in [0.4, 0.5) is 0 Å². The van der Waals surface area contributed by atoms with Crippen LogP contribution in [0.15, 0.2) is 23.9 Å². The fourth-order valence-corrected chi connectivity index (χ4v) is 5.75. The molecule has 0 aromatic heterocycles. The number of ether oxygens (including phenoxy) is 1. The number of hydrogen-bond acceptors (Lipinski definition) is 7. The van der Waals surface area contributed by atoms with Crippen molar-refractivity contribution >= 4 is 33.8 Å². The molecule has 3 aliphatic rings. The first-order chi connectivity index (χ1) is 11.8. The van der Waals surface area contributed by atoms with E-state index in [4.69, 9.17) is 8.92 Å². The largest absolute Gasteiger partial charge is 0.457 e. The Hall–Kier alpha value is -1.32. The molecule has 1 unspecified atom stereocenters. The molecular weight excluding hydrogens is 366 g/mol. The lowest BCUT2D eigenvalue weighted by Gasteiger charge is -2.48. The predicted molar refractivity (Wildman–Crippen MR) is 93.1 cm³/mol. The van der Waals surface area contributed by atoms with E-state index < -0.39 is 28.1 Å². The molecule has 25 heavy (non-hydrogen) atoms. The van der Waals surface area contributed by atoms with Gasteiger partial charge in [0.05, 0.1) is 24.3 Å². The smallest absolute Gasteiger partial charge is 0.355 e. The molecule has 3 aliphatic heterocycles. The van der Waals surface area contributed by atoms with Crippen LogP contribution < -0.4 is 0 Å². The maximum Gasteiger partial charge on any atom is 0.355 e. The van der Waals surface area contributed by atoms with E-state index in [-0.39, 0.29) is 24.5 Å². The summed E-state index contributed by atoms with van der Waals surface area (Å²) in [7, 11) is -3.66. The lowest BCUT2D eigenvalue weighted by atomic mass is 9.77. The van der Waals surface area contributed by atoms with E-state index in [0.29, 0.717) is 5.70 Å². The number of nitrogens with zero attached hydrogens (tertiary/aromatic N) is 1. The van der Waals surface area contributed by atoms with Crippen molar-refractivity contribution in [2.45, 2.75) is 25.5 Å². The SMILES string of the molecule is C=CCOC(=O)C1=C2CCSCC2[C@@H]2[C@@H]([C@@H](C)OS(C)(=O)=O)C(=O)N12. The minimum atomic E-state index is -3.66. The second-order valence-corrected chi connectivity index (χ2v) is 9.17. The summed E-state index contributed by atoms with van der Waals surface area (Å²) in [5, 5.41) is 0. The average molecular weight is 387 g/mol. The fourth-order valence-electron chi connectivity index (χ4n) is 3.90. The number of hydrogen-bond donors (Lipinski definition) is 0. The Morgan fingerprint density at radius 1 is 1.52 bits per heavy atom. The fraction of sp³-hybridized carbons (Fsp3) is 0.625. The van der Waals surface area contributed by atoms with E-state index in [1.807, 2.05) is 0 Å². The van der Waals surface area contributed by atoms with Gasteiger partial charge in [0, 0.05) is 11.7 Å². The highest BCUT2D eigenvalue weighted by molar-refractivity contribution is 7.99. The molecule has 0 saturated carbocycles. The lowest BCUT2D eigenvalue weighted by Crippen LogP contribution is -2.64. The summed E-state index contributed by atoms with van der Waals surface area (Å²) in [6.07, 6.45) is 2.41. The van der Waals surface area contributed by atoms with Gasteiger partial charge in [-0.15, -0.1) is 0 Å². The molecule has 3 heterocycles. The summed E-state index contributed by atoms with van der Waals surface area (Å²) in [5.41, 5.74) is 1.28. The van der Waals surface area contributed by atoms with Crippen LogP contribution >= 0.6 is 11.8 Å². The van der Waals surface area contributed by atoms with Gasteiger partial charge in [-0.05, 0) is 24.7 Å². The normalized spacial score (nSPS) is 29.6. The van der Waals surface area contributed by atoms with Crippen molar-refractivity contribution in [1.29, 1.82) is 0 Å². The second-order valence-electron chi connectivity index (χ2n) is 6.42.